The molecule has 0 N–H and O–H groups in total. The Morgan fingerprint density at radius 3 is 2.42 bits per heavy atom. The first kappa shape index (κ1) is 24.6. The molecule has 0 saturated carbocycles. The molecule has 0 aliphatic heterocycles. The van der Waals surface area contributed by atoms with Crippen LogP contribution in [-0.2, 0) is 28.8 Å². The molecule has 1 heterocycles. The largest absolute Gasteiger partial charge is 0.493 e. The van der Waals surface area contributed by atoms with Gasteiger partial charge in [-0.1, -0.05) is 51.4 Å². The molecule has 3 rings (SSSR count). The first-order chi connectivity index (χ1) is 15.8. The standard InChI is InChI=1S/C27H35NO5/c1-6-8-22-24(14-13-21-23(18-27(2,3)4)28-33-26(21)22)32-16-7-15-31-20-11-9-19(10-12-20)17-25(29)30-5/h9-14H,6-8,15-18H2,1-5H3. The normalized spacial score (nSPS) is 11.5. The van der Waals surface area contributed by atoms with Crippen LogP contribution in [0.1, 0.15) is 57.4 Å². The molecule has 0 unspecified atom stereocenters. The zero-order valence-corrected chi connectivity index (χ0v) is 20.4. The SMILES string of the molecule is CCCc1c(OCCCOc2ccc(CC(=O)OC)cc2)ccc2c(CC(C)(C)C)noc12. The number of aryl methyl sites for hydroxylation is 1. The number of methoxy groups -OCH3 is 1. The Kier molecular flexibility index (Phi) is 8.37. The third-order valence-corrected chi connectivity index (χ3v) is 5.29. The Morgan fingerprint density at radius 1 is 1.03 bits per heavy atom. The molecule has 6 heteroatoms. The number of aromatic nitrogens is 1. The van der Waals surface area contributed by atoms with E-state index >= 15 is 0 Å². The molecule has 1 aromatic heterocycles. The van der Waals surface area contributed by atoms with Gasteiger partial charge in [0.1, 0.15) is 11.5 Å². The monoisotopic (exact) mass is 453 g/mol. The number of hydrogen-bond donors (Lipinski definition) is 0. The summed E-state index contributed by atoms with van der Waals surface area (Å²) >= 11 is 0. The number of nitrogens with zero attached hydrogens (tertiary/aromatic N) is 1. The fourth-order valence-electron chi connectivity index (χ4n) is 3.72. The molecule has 0 radical (unpaired) electrons. The molecule has 0 saturated heterocycles. The highest BCUT2D eigenvalue weighted by molar-refractivity contribution is 5.84. The number of fused-ring (bicyclic) bond motifs is 1. The lowest BCUT2D eigenvalue weighted by Gasteiger charge is -2.16. The number of rotatable bonds is 11. The Labute approximate surface area is 196 Å². The number of carbonyl (C=O) groups excluding carboxylic acids is 1. The van der Waals surface area contributed by atoms with Crippen LogP contribution in [0.15, 0.2) is 40.9 Å². The zero-order chi connectivity index (χ0) is 23.8. The van der Waals surface area contributed by atoms with E-state index in [0.29, 0.717) is 13.2 Å². The van der Waals surface area contributed by atoms with Crippen molar-refractivity contribution >= 4 is 16.9 Å². The van der Waals surface area contributed by atoms with Crippen molar-refractivity contribution in [3.05, 3.63) is 53.2 Å². The topological polar surface area (TPSA) is 70.8 Å². The van der Waals surface area contributed by atoms with Gasteiger partial charge in [0, 0.05) is 17.4 Å². The highest BCUT2D eigenvalue weighted by Gasteiger charge is 2.20. The van der Waals surface area contributed by atoms with Crippen molar-refractivity contribution in [2.75, 3.05) is 20.3 Å². The van der Waals surface area contributed by atoms with Crippen LogP contribution >= 0.6 is 0 Å². The summed E-state index contributed by atoms with van der Waals surface area (Å²) in [5.41, 5.74) is 3.98. The van der Waals surface area contributed by atoms with E-state index in [1.54, 1.807) is 0 Å². The van der Waals surface area contributed by atoms with Crippen molar-refractivity contribution in [1.29, 1.82) is 0 Å². The minimum atomic E-state index is -0.253. The lowest BCUT2D eigenvalue weighted by atomic mass is 9.89. The maximum Gasteiger partial charge on any atom is 0.309 e. The lowest BCUT2D eigenvalue weighted by Crippen LogP contribution is -2.09. The van der Waals surface area contributed by atoms with Gasteiger partial charge < -0.3 is 18.7 Å². The summed E-state index contributed by atoms with van der Waals surface area (Å²) in [6.07, 6.45) is 3.76. The van der Waals surface area contributed by atoms with Crippen molar-refractivity contribution in [1.82, 2.24) is 5.16 Å². The van der Waals surface area contributed by atoms with Crippen LogP contribution in [0.5, 0.6) is 11.5 Å². The average Bonchev–Trinajstić information content (AvgIpc) is 3.17. The Bertz CT molecular complexity index is 1050. The van der Waals surface area contributed by atoms with Gasteiger partial charge in [0.2, 0.25) is 0 Å². The van der Waals surface area contributed by atoms with E-state index in [4.69, 9.17) is 14.0 Å². The van der Waals surface area contributed by atoms with Crippen molar-refractivity contribution in [2.45, 2.75) is 59.8 Å². The molecule has 178 valence electrons. The van der Waals surface area contributed by atoms with Crippen molar-refractivity contribution < 1.29 is 23.5 Å². The maximum absolute atomic E-state index is 11.3. The smallest absolute Gasteiger partial charge is 0.309 e. The number of esters is 1. The van der Waals surface area contributed by atoms with Gasteiger partial charge in [-0.15, -0.1) is 0 Å². The van der Waals surface area contributed by atoms with Crippen molar-refractivity contribution in [3.63, 3.8) is 0 Å². The lowest BCUT2D eigenvalue weighted by molar-refractivity contribution is -0.139. The van der Waals surface area contributed by atoms with Gasteiger partial charge in [0.05, 0.1) is 32.4 Å². The Hall–Kier alpha value is -3.02. The number of benzene rings is 2. The molecule has 0 spiro atoms. The van der Waals surface area contributed by atoms with Crippen LogP contribution in [-0.4, -0.2) is 31.4 Å². The summed E-state index contributed by atoms with van der Waals surface area (Å²) in [7, 11) is 1.39. The molecule has 0 aliphatic carbocycles. The first-order valence-corrected chi connectivity index (χ1v) is 11.6. The molecular weight excluding hydrogens is 418 g/mol. The molecule has 3 aromatic rings. The summed E-state index contributed by atoms with van der Waals surface area (Å²) in [4.78, 5) is 11.3. The van der Waals surface area contributed by atoms with E-state index in [2.05, 4.69) is 43.7 Å². The summed E-state index contributed by atoms with van der Waals surface area (Å²) in [6.45, 7) is 9.86. The quantitative estimate of drug-likeness (QED) is 0.265. The second kappa shape index (κ2) is 11.2. The van der Waals surface area contributed by atoms with Gasteiger partial charge in [-0.2, -0.15) is 0 Å². The third kappa shape index (κ3) is 6.98. The van der Waals surface area contributed by atoms with E-state index in [1.165, 1.54) is 7.11 Å². The van der Waals surface area contributed by atoms with Crippen LogP contribution in [0.3, 0.4) is 0 Å². The number of carbonyl (C=O) groups is 1. The first-order valence-electron chi connectivity index (χ1n) is 11.6. The predicted octanol–water partition coefficient (Wildman–Crippen LogP) is 5.93. The van der Waals surface area contributed by atoms with Gasteiger partial charge in [0.15, 0.2) is 5.58 Å². The van der Waals surface area contributed by atoms with Crippen molar-refractivity contribution in [2.24, 2.45) is 5.41 Å². The second-order valence-electron chi connectivity index (χ2n) is 9.48. The van der Waals surface area contributed by atoms with Crippen LogP contribution in [0.2, 0.25) is 0 Å². The maximum atomic E-state index is 11.3. The van der Waals surface area contributed by atoms with E-state index in [1.807, 2.05) is 30.3 Å². The van der Waals surface area contributed by atoms with Crippen LogP contribution < -0.4 is 9.47 Å². The highest BCUT2D eigenvalue weighted by Crippen LogP contribution is 2.33. The van der Waals surface area contributed by atoms with E-state index in [-0.39, 0.29) is 17.8 Å². The number of ether oxygens (including phenoxy) is 3. The molecule has 0 bridgehead atoms. The summed E-state index contributed by atoms with van der Waals surface area (Å²) < 4.78 is 22.4. The van der Waals surface area contributed by atoms with Gasteiger partial charge in [-0.3, -0.25) is 4.79 Å². The molecule has 0 fully saturated rings. The average molecular weight is 454 g/mol. The summed E-state index contributed by atoms with van der Waals surface area (Å²) in [5, 5.41) is 5.44. The predicted molar refractivity (Wildman–Crippen MR) is 129 cm³/mol. The molecule has 33 heavy (non-hydrogen) atoms. The summed E-state index contributed by atoms with van der Waals surface area (Å²) in [6, 6.07) is 11.6. The summed E-state index contributed by atoms with van der Waals surface area (Å²) in [5.74, 6) is 1.37. The zero-order valence-electron chi connectivity index (χ0n) is 20.4. The van der Waals surface area contributed by atoms with E-state index in [9.17, 15) is 4.79 Å². The molecular formula is C27H35NO5. The van der Waals surface area contributed by atoms with E-state index < -0.39 is 0 Å². The Balaban J connectivity index is 1.55. The van der Waals surface area contributed by atoms with Crippen molar-refractivity contribution in [3.8, 4) is 11.5 Å². The molecule has 6 nitrogen and oxygen atoms in total. The minimum absolute atomic E-state index is 0.144. The molecule has 0 amide bonds. The van der Waals surface area contributed by atoms with Crippen LogP contribution in [0.4, 0.5) is 0 Å². The fraction of sp³-hybridized carbons (Fsp3) is 0.481. The van der Waals surface area contributed by atoms with Crippen LogP contribution in [0, 0.1) is 5.41 Å². The molecule has 0 atom stereocenters. The second-order valence-corrected chi connectivity index (χ2v) is 9.48. The van der Waals surface area contributed by atoms with Crippen LogP contribution in [0.25, 0.3) is 11.0 Å². The molecule has 0 aliphatic rings. The number of hydrogen-bond acceptors (Lipinski definition) is 6. The van der Waals surface area contributed by atoms with Gasteiger partial charge >= 0.3 is 5.97 Å². The highest BCUT2D eigenvalue weighted by atomic mass is 16.5. The molecule has 2 aromatic carbocycles. The fourth-order valence-corrected chi connectivity index (χ4v) is 3.72. The van der Waals surface area contributed by atoms with Gasteiger partial charge in [0.25, 0.3) is 0 Å². The van der Waals surface area contributed by atoms with E-state index in [0.717, 1.165) is 65.0 Å². The minimum Gasteiger partial charge on any atom is -0.493 e. The van der Waals surface area contributed by atoms with Gasteiger partial charge in [-0.05, 0) is 48.1 Å². The Morgan fingerprint density at radius 2 is 1.76 bits per heavy atom. The third-order valence-electron chi connectivity index (χ3n) is 5.29. The van der Waals surface area contributed by atoms with Gasteiger partial charge in [-0.25, -0.2) is 0 Å².